The highest BCUT2D eigenvalue weighted by molar-refractivity contribution is 5.92. The van der Waals surface area contributed by atoms with E-state index in [-0.39, 0.29) is 5.92 Å². The summed E-state index contributed by atoms with van der Waals surface area (Å²) in [6.07, 6.45) is 0. The molecule has 0 radical (unpaired) electrons. The Bertz CT molecular complexity index is 444. The number of carboxylic acids is 1. The van der Waals surface area contributed by atoms with Crippen LogP contribution in [0, 0.1) is 12.8 Å². The second kappa shape index (κ2) is 6.05. The summed E-state index contributed by atoms with van der Waals surface area (Å²) >= 11 is 0. The predicted molar refractivity (Wildman–Crippen MR) is 67.0 cm³/mol. The highest BCUT2D eigenvalue weighted by Gasteiger charge is 2.17. The average Bonchev–Trinajstić information content (AvgIpc) is 2.25. The van der Waals surface area contributed by atoms with Gasteiger partial charge in [-0.15, -0.1) is 0 Å². The first-order chi connectivity index (χ1) is 8.40. The minimum Gasteiger partial charge on any atom is -0.548 e. The minimum atomic E-state index is -1.29. The van der Waals surface area contributed by atoms with Crippen LogP contribution < -0.4 is 15.7 Å². The molecule has 2 amide bonds. The molecule has 0 saturated heterocycles. The molecule has 98 valence electrons. The highest BCUT2D eigenvalue weighted by atomic mass is 16.4. The number of hydrogen-bond donors (Lipinski definition) is 2. The van der Waals surface area contributed by atoms with Crippen molar-refractivity contribution in [3.63, 3.8) is 0 Å². The number of rotatable bonds is 4. The van der Waals surface area contributed by atoms with E-state index in [4.69, 9.17) is 0 Å². The Morgan fingerprint density at radius 3 is 2.44 bits per heavy atom. The number of aliphatic carboxylic acids is 1. The van der Waals surface area contributed by atoms with Gasteiger partial charge in [0.25, 0.3) is 0 Å². The van der Waals surface area contributed by atoms with Crippen LogP contribution in [-0.2, 0) is 4.79 Å². The predicted octanol–water partition coefficient (Wildman–Crippen LogP) is 0.891. The second-order valence-corrected chi connectivity index (χ2v) is 4.51. The maximum Gasteiger partial charge on any atom is 0.319 e. The van der Waals surface area contributed by atoms with Crippen LogP contribution in [0.4, 0.5) is 10.5 Å². The molecule has 0 saturated carbocycles. The van der Waals surface area contributed by atoms with Crippen molar-refractivity contribution in [1.29, 1.82) is 0 Å². The number of nitrogens with one attached hydrogen (secondary N) is 2. The van der Waals surface area contributed by atoms with Crippen molar-refractivity contribution in [2.75, 3.05) is 5.32 Å². The van der Waals surface area contributed by atoms with Gasteiger partial charge in [0.1, 0.15) is 0 Å². The van der Waals surface area contributed by atoms with Crippen molar-refractivity contribution in [1.82, 2.24) is 5.32 Å². The van der Waals surface area contributed by atoms with Crippen LogP contribution in [0.25, 0.3) is 0 Å². The largest absolute Gasteiger partial charge is 0.548 e. The zero-order valence-electron chi connectivity index (χ0n) is 10.7. The van der Waals surface area contributed by atoms with Crippen molar-refractivity contribution in [3.05, 3.63) is 29.8 Å². The van der Waals surface area contributed by atoms with Crippen LogP contribution in [-0.4, -0.2) is 18.0 Å². The Morgan fingerprint density at radius 1 is 1.28 bits per heavy atom. The van der Waals surface area contributed by atoms with E-state index >= 15 is 0 Å². The Kier molecular flexibility index (Phi) is 4.71. The summed E-state index contributed by atoms with van der Waals surface area (Å²) in [5.74, 6) is -1.53. The SMILES string of the molecule is Cc1cccc(NC(=O)N[C@H](C(=O)[O-])C(C)C)c1. The molecule has 0 heterocycles. The second-order valence-electron chi connectivity index (χ2n) is 4.51. The zero-order chi connectivity index (χ0) is 13.7. The number of amides is 2. The maximum absolute atomic E-state index is 11.6. The minimum absolute atomic E-state index is 0.238. The molecular formula is C13H17N2O3-. The summed E-state index contributed by atoms with van der Waals surface area (Å²) in [5, 5.41) is 15.8. The van der Waals surface area contributed by atoms with Crippen molar-refractivity contribution >= 4 is 17.7 Å². The number of carbonyl (C=O) groups excluding carboxylic acids is 2. The van der Waals surface area contributed by atoms with Gasteiger partial charge in [0.2, 0.25) is 0 Å². The lowest BCUT2D eigenvalue weighted by Crippen LogP contribution is -2.51. The molecule has 0 aliphatic carbocycles. The fraction of sp³-hybridized carbons (Fsp3) is 0.385. The number of carboxylic acid groups (broad SMARTS) is 1. The van der Waals surface area contributed by atoms with Gasteiger partial charge in [-0.3, -0.25) is 0 Å². The van der Waals surface area contributed by atoms with E-state index in [0.717, 1.165) is 5.56 Å². The summed E-state index contributed by atoms with van der Waals surface area (Å²) in [4.78, 5) is 22.5. The fourth-order valence-corrected chi connectivity index (χ4v) is 1.53. The van der Waals surface area contributed by atoms with E-state index in [1.165, 1.54) is 0 Å². The van der Waals surface area contributed by atoms with Crippen LogP contribution in [0.5, 0.6) is 0 Å². The molecule has 18 heavy (non-hydrogen) atoms. The number of anilines is 1. The van der Waals surface area contributed by atoms with Gasteiger partial charge in [0.05, 0.1) is 12.0 Å². The van der Waals surface area contributed by atoms with E-state index in [9.17, 15) is 14.7 Å². The van der Waals surface area contributed by atoms with Gasteiger partial charge in [-0.2, -0.15) is 0 Å². The van der Waals surface area contributed by atoms with Crippen LogP contribution in [0.2, 0.25) is 0 Å². The number of carbonyl (C=O) groups is 2. The van der Waals surface area contributed by atoms with Crippen molar-refractivity contribution < 1.29 is 14.7 Å². The molecule has 5 nitrogen and oxygen atoms in total. The van der Waals surface area contributed by atoms with Gasteiger partial charge >= 0.3 is 6.03 Å². The molecule has 1 atom stereocenters. The Labute approximate surface area is 106 Å². The number of hydrogen-bond acceptors (Lipinski definition) is 3. The van der Waals surface area contributed by atoms with E-state index in [0.29, 0.717) is 5.69 Å². The van der Waals surface area contributed by atoms with Gasteiger partial charge < -0.3 is 20.5 Å². The summed E-state index contributed by atoms with van der Waals surface area (Å²) in [6, 6.07) is 5.68. The molecule has 0 bridgehead atoms. The van der Waals surface area contributed by atoms with Crippen molar-refractivity contribution in [2.24, 2.45) is 5.92 Å². The van der Waals surface area contributed by atoms with E-state index < -0.39 is 18.0 Å². The molecule has 0 unspecified atom stereocenters. The molecule has 0 spiro atoms. The summed E-state index contributed by atoms with van der Waals surface area (Å²) < 4.78 is 0. The summed E-state index contributed by atoms with van der Waals surface area (Å²) in [6.45, 7) is 5.31. The summed E-state index contributed by atoms with van der Waals surface area (Å²) in [7, 11) is 0. The highest BCUT2D eigenvalue weighted by Crippen LogP contribution is 2.09. The molecule has 0 fully saturated rings. The lowest BCUT2D eigenvalue weighted by Gasteiger charge is -2.23. The smallest absolute Gasteiger partial charge is 0.319 e. The quantitative estimate of drug-likeness (QED) is 0.831. The van der Waals surface area contributed by atoms with Crippen molar-refractivity contribution in [3.8, 4) is 0 Å². The molecule has 1 rings (SSSR count). The number of benzene rings is 1. The Morgan fingerprint density at radius 2 is 1.94 bits per heavy atom. The molecule has 0 aromatic heterocycles. The van der Waals surface area contributed by atoms with Gasteiger partial charge in [-0.1, -0.05) is 26.0 Å². The van der Waals surface area contributed by atoms with Crippen LogP contribution >= 0.6 is 0 Å². The molecule has 0 aliphatic rings. The topological polar surface area (TPSA) is 81.3 Å². The average molecular weight is 249 g/mol. The Balaban J connectivity index is 2.63. The zero-order valence-corrected chi connectivity index (χ0v) is 10.7. The monoisotopic (exact) mass is 249 g/mol. The van der Waals surface area contributed by atoms with Crippen LogP contribution in [0.15, 0.2) is 24.3 Å². The number of urea groups is 1. The lowest BCUT2D eigenvalue weighted by molar-refractivity contribution is -0.309. The third-order valence-corrected chi connectivity index (χ3v) is 2.48. The van der Waals surface area contributed by atoms with E-state index in [1.54, 1.807) is 26.0 Å². The van der Waals surface area contributed by atoms with Gasteiger partial charge in [0.15, 0.2) is 0 Å². The third-order valence-electron chi connectivity index (χ3n) is 2.48. The summed E-state index contributed by atoms with van der Waals surface area (Å²) in [5.41, 5.74) is 1.63. The van der Waals surface area contributed by atoms with Crippen LogP contribution in [0.1, 0.15) is 19.4 Å². The first kappa shape index (κ1) is 14.0. The number of aryl methyl sites for hydroxylation is 1. The van der Waals surface area contributed by atoms with Crippen LogP contribution in [0.3, 0.4) is 0 Å². The molecule has 2 N–H and O–H groups in total. The third kappa shape index (κ3) is 4.08. The van der Waals surface area contributed by atoms with E-state index in [2.05, 4.69) is 10.6 Å². The Hall–Kier alpha value is -2.04. The standard InChI is InChI=1S/C13H18N2O3/c1-8(2)11(12(16)17)15-13(18)14-10-6-4-5-9(3)7-10/h4-8,11H,1-3H3,(H,16,17)(H2,14,15,18)/p-1/t11-/m0/s1. The normalized spacial score (nSPS) is 12.0. The molecule has 5 heteroatoms. The first-order valence-corrected chi connectivity index (χ1v) is 5.75. The molecule has 1 aromatic rings. The molecular weight excluding hydrogens is 232 g/mol. The lowest BCUT2D eigenvalue weighted by atomic mass is 10.1. The molecule has 0 aliphatic heterocycles. The van der Waals surface area contributed by atoms with Gasteiger partial charge in [-0.05, 0) is 30.5 Å². The van der Waals surface area contributed by atoms with Crippen molar-refractivity contribution in [2.45, 2.75) is 26.8 Å². The van der Waals surface area contributed by atoms with Gasteiger partial charge in [0, 0.05) is 5.69 Å². The maximum atomic E-state index is 11.6. The fourth-order valence-electron chi connectivity index (χ4n) is 1.53. The molecule has 1 aromatic carbocycles. The first-order valence-electron chi connectivity index (χ1n) is 5.75. The van der Waals surface area contributed by atoms with E-state index in [1.807, 2.05) is 19.1 Å². The van der Waals surface area contributed by atoms with Gasteiger partial charge in [-0.25, -0.2) is 4.79 Å².